The summed E-state index contributed by atoms with van der Waals surface area (Å²) in [5.74, 6) is 0. The van der Waals surface area contributed by atoms with Gasteiger partial charge in [0, 0.05) is 17.1 Å². The van der Waals surface area contributed by atoms with E-state index >= 15 is 0 Å². The van der Waals surface area contributed by atoms with Crippen LogP contribution in [-0.2, 0) is 6.42 Å². The smallest absolute Gasteiger partial charge is 0.293 e. The molecule has 1 N–H and O–H groups in total. The maximum atomic E-state index is 11.0. The van der Waals surface area contributed by atoms with Crippen LogP contribution in [0.5, 0.6) is 0 Å². The Hall–Kier alpha value is -2.07. The Labute approximate surface area is 128 Å². The first-order valence-electron chi connectivity index (χ1n) is 6.80. The Morgan fingerprint density at radius 3 is 2.62 bits per heavy atom. The van der Waals surface area contributed by atoms with Gasteiger partial charge in [0.1, 0.15) is 5.69 Å². The van der Waals surface area contributed by atoms with Gasteiger partial charge in [0.15, 0.2) is 0 Å². The predicted octanol–water partition coefficient (Wildman–Crippen LogP) is 4.68. The molecule has 110 valence electrons. The van der Waals surface area contributed by atoms with Gasteiger partial charge in [0.25, 0.3) is 5.69 Å². The third kappa shape index (κ3) is 4.46. The lowest BCUT2D eigenvalue weighted by Gasteiger charge is -2.15. The van der Waals surface area contributed by atoms with Crippen LogP contribution in [0.25, 0.3) is 0 Å². The first kappa shape index (κ1) is 15.3. The molecule has 0 aliphatic heterocycles. The molecule has 0 amide bonds. The number of nitro benzene ring substituents is 1. The van der Waals surface area contributed by atoms with Crippen LogP contribution in [0.4, 0.5) is 11.4 Å². The number of halogens is 1. The zero-order valence-corrected chi connectivity index (χ0v) is 12.5. The highest BCUT2D eigenvalue weighted by molar-refractivity contribution is 6.30. The van der Waals surface area contributed by atoms with Crippen molar-refractivity contribution in [2.45, 2.75) is 25.8 Å². The van der Waals surface area contributed by atoms with Gasteiger partial charge in [-0.25, -0.2) is 0 Å². The number of hydrogen-bond donors (Lipinski definition) is 1. The van der Waals surface area contributed by atoms with Gasteiger partial charge in [0.2, 0.25) is 0 Å². The molecular weight excluding hydrogens is 288 g/mol. The van der Waals surface area contributed by atoms with Crippen LogP contribution in [0.3, 0.4) is 0 Å². The first-order valence-corrected chi connectivity index (χ1v) is 7.18. The van der Waals surface area contributed by atoms with Crippen molar-refractivity contribution < 1.29 is 4.92 Å². The molecule has 1 unspecified atom stereocenters. The van der Waals surface area contributed by atoms with Crippen LogP contribution in [0.15, 0.2) is 48.5 Å². The predicted molar refractivity (Wildman–Crippen MR) is 86.0 cm³/mol. The fourth-order valence-electron chi connectivity index (χ4n) is 2.14. The molecule has 2 rings (SSSR count). The van der Waals surface area contributed by atoms with E-state index in [4.69, 9.17) is 11.6 Å². The van der Waals surface area contributed by atoms with Crippen molar-refractivity contribution in [1.29, 1.82) is 0 Å². The molecule has 0 aromatic heterocycles. The summed E-state index contributed by atoms with van der Waals surface area (Å²) >= 11 is 5.81. The van der Waals surface area contributed by atoms with Gasteiger partial charge in [-0.05, 0) is 37.5 Å². The minimum absolute atomic E-state index is 0.00839. The minimum atomic E-state index is -0.419. The lowest BCUT2D eigenvalue weighted by Crippen LogP contribution is -2.16. The first-order chi connectivity index (χ1) is 10.1. The van der Waals surface area contributed by atoms with Gasteiger partial charge in [-0.3, -0.25) is 10.1 Å². The maximum Gasteiger partial charge on any atom is 0.293 e. The Morgan fingerprint density at radius 2 is 1.95 bits per heavy atom. The molecular formula is C16H17ClN2O2. The number of anilines is 1. The largest absolute Gasteiger partial charge is 0.377 e. The average molecular weight is 305 g/mol. The highest BCUT2D eigenvalue weighted by atomic mass is 35.5. The van der Waals surface area contributed by atoms with E-state index in [1.807, 2.05) is 25.1 Å². The molecule has 2 aromatic rings. The van der Waals surface area contributed by atoms with Crippen LogP contribution >= 0.6 is 11.6 Å². The summed E-state index contributed by atoms with van der Waals surface area (Å²) in [6, 6.07) is 15.0. The van der Waals surface area contributed by atoms with Crippen LogP contribution in [0, 0.1) is 10.1 Å². The van der Waals surface area contributed by atoms with Crippen molar-refractivity contribution in [1.82, 2.24) is 0 Å². The third-order valence-electron chi connectivity index (χ3n) is 3.27. The minimum Gasteiger partial charge on any atom is -0.377 e. The van der Waals surface area contributed by atoms with Crippen LogP contribution in [0.1, 0.15) is 18.9 Å². The van der Waals surface area contributed by atoms with Gasteiger partial charge in [-0.2, -0.15) is 0 Å². The molecule has 0 radical (unpaired) electrons. The van der Waals surface area contributed by atoms with E-state index < -0.39 is 4.92 Å². The van der Waals surface area contributed by atoms with E-state index in [1.165, 1.54) is 11.6 Å². The highest BCUT2D eigenvalue weighted by Gasteiger charge is 2.15. The van der Waals surface area contributed by atoms with Crippen molar-refractivity contribution in [3.63, 3.8) is 0 Å². The van der Waals surface area contributed by atoms with Crippen LogP contribution in [0.2, 0.25) is 5.02 Å². The second-order valence-corrected chi connectivity index (χ2v) is 5.42. The molecule has 0 saturated heterocycles. The zero-order valence-electron chi connectivity index (χ0n) is 11.8. The van der Waals surface area contributed by atoms with E-state index in [1.54, 1.807) is 12.1 Å². The Bertz CT molecular complexity index is 617. The summed E-state index contributed by atoms with van der Waals surface area (Å²) in [6.07, 6.45) is 1.82. The van der Waals surface area contributed by atoms with Crippen molar-refractivity contribution in [2.75, 3.05) is 5.32 Å². The van der Waals surface area contributed by atoms with E-state index in [9.17, 15) is 10.1 Å². The van der Waals surface area contributed by atoms with Crippen LogP contribution in [-0.4, -0.2) is 11.0 Å². The number of nitrogens with one attached hydrogen (secondary N) is 1. The lowest BCUT2D eigenvalue weighted by atomic mass is 10.1. The number of benzene rings is 2. The second kappa shape index (κ2) is 7.09. The van der Waals surface area contributed by atoms with Crippen molar-refractivity contribution in [3.8, 4) is 0 Å². The fourth-order valence-corrected chi connectivity index (χ4v) is 2.31. The fraction of sp³-hybridized carbons (Fsp3) is 0.250. The number of rotatable bonds is 6. The van der Waals surface area contributed by atoms with E-state index in [-0.39, 0.29) is 11.7 Å². The highest BCUT2D eigenvalue weighted by Crippen LogP contribution is 2.28. The summed E-state index contributed by atoms with van der Waals surface area (Å²) in [5, 5.41) is 14.6. The molecule has 0 heterocycles. The maximum absolute atomic E-state index is 11.0. The quantitative estimate of drug-likeness (QED) is 0.622. The molecule has 0 bridgehead atoms. The molecule has 0 spiro atoms. The topological polar surface area (TPSA) is 55.2 Å². The average Bonchev–Trinajstić information content (AvgIpc) is 2.48. The molecule has 0 aliphatic rings. The van der Waals surface area contributed by atoms with Crippen LogP contribution < -0.4 is 5.32 Å². The van der Waals surface area contributed by atoms with Crippen molar-refractivity contribution >= 4 is 23.0 Å². The second-order valence-electron chi connectivity index (χ2n) is 4.99. The van der Waals surface area contributed by atoms with Gasteiger partial charge in [0.05, 0.1) is 4.92 Å². The summed E-state index contributed by atoms with van der Waals surface area (Å²) in [4.78, 5) is 10.6. The standard InChI is InChI=1S/C16H17ClN2O2/c1-12(7-8-13-5-3-2-4-6-13)18-15-10-9-14(17)11-16(15)19(20)21/h2-6,9-12,18H,7-8H2,1H3. The zero-order chi connectivity index (χ0) is 15.2. The van der Waals surface area contributed by atoms with Crippen molar-refractivity contribution in [3.05, 3.63) is 69.2 Å². The monoisotopic (exact) mass is 304 g/mol. The summed E-state index contributed by atoms with van der Waals surface area (Å²) in [7, 11) is 0. The number of hydrogen-bond acceptors (Lipinski definition) is 3. The molecule has 1 atom stereocenters. The van der Waals surface area contributed by atoms with Gasteiger partial charge >= 0.3 is 0 Å². The van der Waals surface area contributed by atoms with E-state index in [2.05, 4.69) is 17.4 Å². The number of nitrogens with zero attached hydrogens (tertiary/aromatic N) is 1. The van der Waals surface area contributed by atoms with Gasteiger partial charge in [-0.1, -0.05) is 41.9 Å². The molecule has 0 fully saturated rings. The molecule has 0 saturated carbocycles. The normalized spacial score (nSPS) is 11.9. The van der Waals surface area contributed by atoms with E-state index in [0.717, 1.165) is 12.8 Å². The Kier molecular flexibility index (Phi) is 5.17. The summed E-state index contributed by atoms with van der Waals surface area (Å²) in [6.45, 7) is 2.02. The molecule has 5 heteroatoms. The Morgan fingerprint density at radius 1 is 1.24 bits per heavy atom. The third-order valence-corrected chi connectivity index (χ3v) is 3.50. The molecule has 4 nitrogen and oxygen atoms in total. The molecule has 2 aromatic carbocycles. The van der Waals surface area contributed by atoms with E-state index in [0.29, 0.717) is 10.7 Å². The van der Waals surface area contributed by atoms with Crippen molar-refractivity contribution in [2.24, 2.45) is 0 Å². The Balaban J connectivity index is 1.99. The molecule has 21 heavy (non-hydrogen) atoms. The number of aryl methyl sites for hydroxylation is 1. The van der Waals surface area contributed by atoms with Gasteiger partial charge in [-0.15, -0.1) is 0 Å². The van der Waals surface area contributed by atoms with Gasteiger partial charge < -0.3 is 5.32 Å². The lowest BCUT2D eigenvalue weighted by molar-refractivity contribution is -0.384. The summed E-state index contributed by atoms with van der Waals surface area (Å²) < 4.78 is 0. The number of nitro groups is 1. The summed E-state index contributed by atoms with van der Waals surface area (Å²) in [5.41, 5.74) is 1.77. The SMILES string of the molecule is CC(CCc1ccccc1)Nc1ccc(Cl)cc1[N+](=O)[O-]. The molecule has 0 aliphatic carbocycles.